The molecule has 1 heterocycles. The van der Waals surface area contributed by atoms with E-state index in [2.05, 4.69) is 4.74 Å². The Bertz CT molecular complexity index is 831. The summed E-state index contributed by atoms with van der Waals surface area (Å²) in [5.41, 5.74) is 6.33. The molecule has 1 aliphatic rings. The number of primary amides is 1. The lowest BCUT2D eigenvalue weighted by Gasteiger charge is -2.22. The summed E-state index contributed by atoms with van der Waals surface area (Å²) in [7, 11) is 0. The van der Waals surface area contributed by atoms with Gasteiger partial charge in [-0.05, 0) is 29.3 Å². The molecule has 7 heteroatoms. The highest BCUT2D eigenvalue weighted by atomic mass is 19.4. The molecule has 1 aliphatic heterocycles. The second-order valence-electron chi connectivity index (χ2n) is 5.04. The number of ether oxygens (including phenoxy) is 1. The standard InChI is InChI=1S/C16H13F3N2O2/c17-16(18,19)23-14-6-5-10(15(20)22)7-13(14)21-8-11-3-1-2-4-12(11)9-21/h1-7H,8-9H2,(H2,20,22)/i5D,7D. The number of carbonyl (C=O) groups is 1. The average Bonchev–Trinajstić information content (AvgIpc) is 2.87. The molecule has 0 atom stereocenters. The monoisotopic (exact) mass is 324 g/mol. The topological polar surface area (TPSA) is 55.6 Å². The Hall–Kier alpha value is -2.70. The van der Waals surface area contributed by atoms with Crippen molar-refractivity contribution in [2.75, 3.05) is 4.90 Å². The molecule has 0 fully saturated rings. The second-order valence-corrected chi connectivity index (χ2v) is 5.04. The van der Waals surface area contributed by atoms with Crippen LogP contribution < -0.4 is 15.4 Å². The normalized spacial score (nSPS) is 15.0. The number of benzene rings is 2. The van der Waals surface area contributed by atoms with Gasteiger partial charge in [-0.15, -0.1) is 13.2 Å². The number of nitrogens with zero attached hydrogens (tertiary/aromatic N) is 1. The third-order valence-electron chi connectivity index (χ3n) is 3.45. The van der Waals surface area contributed by atoms with Gasteiger partial charge in [0.25, 0.3) is 0 Å². The molecule has 2 aromatic rings. The summed E-state index contributed by atoms with van der Waals surface area (Å²) < 4.78 is 58.1. The number of fused-ring (bicyclic) bond motifs is 1. The van der Waals surface area contributed by atoms with Gasteiger partial charge in [0.2, 0.25) is 5.91 Å². The van der Waals surface area contributed by atoms with Crippen LogP contribution in [0, 0.1) is 0 Å². The van der Waals surface area contributed by atoms with Gasteiger partial charge in [0.1, 0.15) is 0 Å². The van der Waals surface area contributed by atoms with Crippen molar-refractivity contribution in [3.05, 3.63) is 59.1 Å². The van der Waals surface area contributed by atoms with Crippen molar-refractivity contribution in [1.29, 1.82) is 0 Å². The number of hydrogen-bond acceptors (Lipinski definition) is 3. The summed E-state index contributed by atoms with van der Waals surface area (Å²) in [6.45, 7) is 0.512. The number of amides is 1. The van der Waals surface area contributed by atoms with Crippen LogP contribution in [0.5, 0.6) is 5.75 Å². The molecule has 0 aliphatic carbocycles. The summed E-state index contributed by atoms with van der Waals surface area (Å²) >= 11 is 0. The number of anilines is 1. The number of rotatable bonds is 3. The SMILES string of the molecule is [2H]c1cc(OC(F)(F)F)c(N2Cc3ccccc3C2)c([2H])c1C(N)=O. The van der Waals surface area contributed by atoms with E-state index >= 15 is 0 Å². The smallest absolute Gasteiger partial charge is 0.404 e. The van der Waals surface area contributed by atoms with Crippen LogP contribution in [-0.2, 0) is 13.1 Å². The van der Waals surface area contributed by atoms with E-state index in [1.54, 1.807) is 12.1 Å². The van der Waals surface area contributed by atoms with Crippen LogP contribution in [0.15, 0.2) is 42.4 Å². The lowest BCUT2D eigenvalue weighted by Crippen LogP contribution is -2.22. The molecule has 0 aromatic heterocycles. The highest BCUT2D eigenvalue weighted by Crippen LogP contribution is 2.38. The molecule has 0 unspecified atom stereocenters. The first-order valence-corrected chi connectivity index (χ1v) is 6.69. The molecule has 120 valence electrons. The fraction of sp³-hybridized carbons (Fsp3) is 0.188. The van der Waals surface area contributed by atoms with Crippen LogP contribution in [-0.4, -0.2) is 12.3 Å². The molecule has 1 amide bonds. The van der Waals surface area contributed by atoms with E-state index in [-0.39, 0.29) is 18.8 Å². The predicted octanol–water partition coefficient (Wildman–Crippen LogP) is 3.20. The minimum Gasteiger partial charge on any atom is -0.404 e. The molecule has 4 nitrogen and oxygen atoms in total. The van der Waals surface area contributed by atoms with Gasteiger partial charge in [-0.1, -0.05) is 24.3 Å². The Morgan fingerprint density at radius 1 is 1.22 bits per heavy atom. The van der Waals surface area contributed by atoms with Gasteiger partial charge < -0.3 is 15.4 Å². The van der Waals surface area contributed by atoms with Gasteiger partial charge in [0.05, 0.1) is 8.43 Å². The van der Waals surface area contributed by atoms with E-state index in [0.29, 0.717) is 0 Å². The van der Waals surface area contributed by atoms with Crippen LogP contribution in [0.25, 0.3) is 0 Å². The predicted molar refractivity (Wildman–Crippen MR) is 78.0 cm³/mol. The van der Waals surface area contributed by atoms with Crippen LogP contribution in [0.3, 0.4) is 0 Å². The Kier molecular flexibility index (Phi) is 3.06. The van der Waals surface area contributed by atoms with E-state index in [1.165, 1.54) is 4.90 Å². The fourth-order valence-electron chi connectivity index (χ4n) is 2.48. The molecule has 0 spiro atoms. The van der Waals surface area contributed by atoms with E-state index in [1.807, 2.05) is 12.1 Å². The van der Waals surface area contributed by atoms with Crippen LogP contribution in [0.2, 0.25) is 0 Å². The first-order valence-electron chi connectivity index (χ1n) is 7.69. The zero-order chi connectivity index (χ0) is 18.4. The molecule has 0 radical (unpaired) electrons. The molecule has 0 saturated heterocycles. The minimum atomic E-state index is -4.99. The summed E-state index contributed by atoms with van der Waals surface area (Å²) in [6.07, 6.45) is -4.99. The number of alkyl halides is 3. The molecule has 3 rings (SSSR count). The first kappa shape index (κ1) is 12.8. The lowest BCUT2D eigenvalue weighted by atomic mass is 10.1. The first-order chi connectivity index (χ1) is 11.7. The number of nitrogens with two attached hydrogens (primary N) is 1. The Balaban J connectivity index is 2.13. The highest BCUT2D eigenvalue weighted by Gasteiger charge is 2.33. The molecular formula is C16H13F3N2O2. The number of halogens is 3. The summed E-state index contributed by atoms with van der Waals surface area (Å²) in [6, 6.07) is 6.90. The van der Waals surface area contributed by atoms with Crippen LogP contribution >= 0.6 is 0 Å². The van der Waals surface area contributed by atoms with Crippen molar-refractivity contribution in [2.45, 2.75) is 19.5 Å². The van der Waals surface area contributed by atoms with Crippen molar-refractivity contribution in [1.82, 2.24) is 0 Å². The van der Waals surface area contributed by atoms with Crippen LogP contribution in [0.4, 0.5) is 18.9 Å². The molecule has 2 aromatic carbocycles. The van der Waals surface area contributed by atoms with Crippen molar-refractivity contribution in [3.63, 3.8) is 0 Å². The molecule has 23 heavy (non-hydrogen) atoms. The van der Waals surface area contributed by atoms with Crippen LogP contribution in [0.1, 0.15) is 24.2 Å². The Labute approximate surface area is 133 Å². The van der Waals surface area contributed by atoms with Gasteiger partial charge in [0, 0.05) is 18.7 Å². The maximum atomic E-state index is 12.7. The highest BCUT2D eigenvalue weighted by molar-refractivity contribution is 5.94. The average molecular weight is 324 g/mol. The minimum absolute atomic E-state index is 0.210. The zero-order valence-corrected chi connectivity index (χ0v) is 11.8. The third-order valence-corrected chi connectivity index (χ3v) is 3.45. The van der Waals surface area contributed by atoms with Crippen molar-refractivity contribution < 1.29 is 25.4 Å². The summed E-state index contributed by atoms with van der Waals surface area (Å²) in [4.78, 5) is 13.0. The molecule has 0 bridgehead atoms. The molecular weight excluding hydrogens is 309 g/mol. The maximum Gasteiger partial charge on any atom is 0.573 e. The lowest BCUT2D eigenvalue weighted by molar-refractivity contribution is -0.274. The Morgan fingerprint density at radius 2 is 1.83 bits per heavy atom. The van der Waals surface area contributed by atoms with E-state index in [0.717, 1.165) is 17.2 Å². The number of carbonyl (C=O) groups excluding carboxylic acids is 1. The fourth-order valence-corrected chi connectivity index (χ4v) is 2.48. The van der Waals surface area contributed by atoms with Gasteiger partial charge in [-0.2, -0.15) is 0 Å². The summed E-state index contributed by atoms with van der Waals surface area (Å²) in [5, 5.41) is 0. The van der Waals surface area contributed by atoms with Gasteiger partial charge in [-0.25, -0.2) is 0 Å². The van der Waals surface area contributed by atoms with Crippen molar-refractivity contribution in [3.8, 4) is 5.75 Å². The van der Waals surface area contributed by atoms with E-state index in [4.69, 9.17) is 8.48 Å². The van der Waals surface area contributed by atoms with E-state index < -0.39 is 35.7 Å². The van der Waals surface area contributed by atoms with Gasteiger partial charge in [-0.3, -0.25) is 4.79 Å². The van der Waals surface area contributed by atoms with Crippen molar-refractivity contribution in [2.24, 2.45) is 5.73 Å². The van der Waals surface area contributed by atoms with Gasteiger partial charge in [0.15, 0.2) is 5.75 Å². The quantitative estimate of drug-likeness (QED) is 0.943. The zero-order valence-electron chi connectivity index (χ0n) is 13.8. The second kappa shape index (κ2) is 5.49. The largest absolute Gasteiger partial charge is 0.573 e. The Morgan fingerprint density at radius 3 is 2.35 bits per heavy atom. The van der Waals surface area contributed by atoms with E-state index in [9.17, 15) is 18.0 Å². The summed E-state index contributed by atoms with van der Waals surface area (Å²) in [5.74, 6) is -1.74. The molecule has 2 N–H and O–H groups in total. The maximum absolute atomic E-state index is 12.7. The van der Waals surface area contributed by atoms with Gasteiger partial charge >= 0.3 is 6.36 Å². The number of hydrogen-bond donors (Lipinski definition) is 1. The third kappa shape index (κ3) is 3.23. The molecule has 0 saturated carbocycles. The van der Waals surface area contributed by atoms with Crippen molar-refractivity contribution >= 4 is 11.6 Å².